The van der Waals surface area contributed by atoms with Gasteiger partial charge in [-0.25, -0.2) is 4.98 Å². The third kappa shape index (κ3) is 3.35. The third-order valence-electron chi connectivity index (χ3n) is 4.20. The van der Waals surface area contributed by atoms with E-state index in [0.29, 0.717) is 5.56 Å². The van der Waals surface area contributed by atoms with Gasteiger partial charge in [-0.1, -0.05) is 18.2 Å². The molecule has 0 aliphatic heterocycles. The van der Waals surface area contributed by atoms with Crippen molar-refractivity contribution in [2.45, 2.75) is 6.92 Å². The molecule has 2 aromatic heterocycles. The minimum absolute atomic E-state index is 0.121. The molecule has 0 radical (unpaired) electrons. The maximum Gasteiger partial charge on any atom is 0.255 e. The quantitative estimate of drug-likeness (QED) is 0.436. The highest BCUT2D eigenvalue weighted by molar-refractivity contribution is 14.1. The average molecular weight is 453 g/mol. The van der Waals surface area contributed by atoms with Crippen LogP contribution in [0.4, 0.5) is 5.69 Å². The number of nitrogens with zero attached hydrogens (tertiary/aromatic N) is 2. The van der Waals surface area contributed by atoms with E-state index in [9.17, 15) is 4.79 Å². The first kappa shape index (κ1) is 16.8. The van der Waals surface area contributed by atoms with Crippen molar-refractivity contribution >= 4 is 39.8 Å². The van der Waals surface area contributed by atoms with Crippen molar-refractivity contribution < 1.29 is 4.79 Å². The Kier molecular flexibility index (Phi) is 4.46. The van der Waals surface area contributed by atoms with Crippen molar-refractivity contribution in [3.63, 3.8) is 0 Å². The van der Waals surface area contributed by atoms with Gasteiger partial charge < -0.3 is 9.72 Å². The molecule has 26 heavy (non-hydrogen) atoms. The zero-order valence-corrected chi connectivity index (χ0v) is 16.3. The first-order chi connectivity index (χ1) is 12.6. The van der Waals surface area contributed by atoms with E-state index in [0.717, 1.165) is 31.7 Å². The van der Waals surface area contributed by atoms with Gasteiger partial charge in [-0.15, -0.1) is 0 Å². The van der Waals surface area contributed by atoms with Gasteiger partial charge in [0.1, 0.15) is 5.65 Å². The molecule has 0 aliphatic rings. The summed E-state index contributed by atoms with van der Waals surface area (Å²) in [6.45, 7) is 2.05. The Morgan fingerprint density at radius 1 is 1.08 bits per heavy atom. The summed E-state index contributed by atoms with van der Waals surface area (Å²) in [4.78, 5) is 17.1. The molecule has 0 unspecified atom stereocenters. The molecule has 1 N–H and O–H groups in total. The average Bonchev–Trinajstić information content (AvgIpc) is 3.08. The molecular weight excluding hydrogens is 437 g/mol. The van der Waals surface area contributed by atoms with Crippen molar-refractivity contribution in [2.75, 3.05) is 5.32 Å². The molecule has 5 heteroatoms. The highest BCUT2D eigenvalue weighted by atomic mass is 127. The predicted molar refractivity (Wildman–Crippen MR) is 112 cm³/mol. The summed E-state index contributed by atoms with van der Waals surface area (Å²) in [5, 5.41) is 2.96. The van der Waals surface area contributed by atoms with E-state index in [1.807, 2.05) is 84.4 Å². The van der Waals surface area contributed by atoms with Crippen LogP contribution in [-0.2, 0) is 0 Å². The molecule has 0 saturated carbocycles. The van der Waals surface area contributed by atoms with Crippen molar-refractivity contribution in [1.29, 1.82) is 0 Å². The number of carbonyl (C=O) groups excluding carboxylic acids is 1. The summed E-state index contributed by atoms with van der Waals surface area (Å²) in [5.41, 5.74) is 5.30. The number of anilines is 1. The van der Waals surface area contributed by atoms with E-state index in [1.165, 1.54) is 0 Å². The highest BCUT2D eigenvalue weighted by Crippen LogP contribution is 2.24. The molecule has 4 rings (SSSR count). The second kappa shape index (κ2) is 6.92. The zero-order chi connectivity index (χ0) is 18.1. The van der Waals surface area contributed by atoms with E-state index in [4.69, 9.17) is 4.98 Å². The Morgan fingerprint density at radius 2 is 1.88 bits per heavy atom. The molecule has 2 heterocycles. The van der Waals surface area contributed by atoms with Gasteiger partial charge in [0.2, 0.25) is 0 Å². The molecule has 4 aromatic rings. The molecule has 0 aliphatic carbocycles. The maximum absolute atomic E-state index is 12.4. The number of halogens is 1. The maximum atomic E-state index is 12.4. The molecule has 2 aromatic carbocycles. The molecule has 0 atom stereocenters. The number of nitrogens with one attached hydrogen (secondary N) is 1. The van der Waals surface area contributed by atoms with Crippen LogP contribution in [0.15, 0.2) is 73.1 Å². The van der Waals surface area contributed by atoms with Gasteiger partial charge in [0.05, 0.1) is 5.69 Å². The summed E-state index contributed by atoms with van der Waals surface area (Å²) in [6.07, 6.45) is 3.99. The van der Waals surface area contributed by atoms with Crippen molar-refractivity contribution in [3.8, 4) is 11.3 Å². The van der Waals surface area contributed by atoms with E-state index in [-0.39, 0.29) is 5.91 Å². The molecule has 4 nitrogen and oxygen atoms in total. The number of hydrogen-bond donors (Lipinski definition) is 1. The van der Waals surface area contributed by atoms with Crippen LogP contribution in [0.25, 0.3) is 16.9 Å². The van der Waals surface area contributed by atoms with Crippen LogP contribution in [0.2, 0.25) is 0 Å². The highest BCUT2D eigenvalue weighted by Gasteiger charge is 2.09. The number of rotatable bonds is 3. The molecule has 128 valence electrons. The van der Waals surface area contributed by atoms with Gasteiger partial charge in [0.25, 0.3) is 5.91 Å². The minimum Gasteiger partial charge on any atom is -0.322 e. The lowest BCUT2D eigenvalue weighted by Crippen LogP contribution is -2.11. The molecule has 0 fully saturated rings. The third-order valence-corrected chi connectivity index (χ3v) is 4.92. The Bertz CT molecular complexity index is 1100. The van der Waals surface area contributed by atoms with Crippen LogP contribution in [0.5, 0.6) is 0 Å². The van der Waals surface area contributed by atoms with Crippen LogP contribution in [0, 0.1) is 10.5 Å². The predicted octanol–water partition coefficient (Wildman–Crippen LogP) is 5.17. The van der Waals surface area contributed by atoms with E-state index >= 15 is 0 Å². The number of benzene rings is 2. The number of imidazole rings is 1. The molecule has 0 spiro atoms. The van der Waals surface area contributed by atoms with E-state index in [2.05, 4.69) is 27.9 Å². The zero-order valence-electron chi connectivity index (χ0n) is 14.1. The number of carbonyl (C=O) groups is 1. The van der Waals surface area contributed by atoms with Crippen LogP contribution in [0.3, 0.4) is 0 Å². The fourth-order valence-electron chi connectivity index (χ4n) is 2.85. The summed E-state index contributed by atoms with van der Waals surface area (Å²) in [7, 11) is 0. The van der Waals surface area contributed by atoms with Crippen LogP contribution in [-0.4, -0.2) is 15.3 Å². The van der Waals surface area contributed by atoms with Crippen LogP contribution >= 0.6 is 22.6 Å². The van der Waals surface area contributed by atoms with Gasteiger partial charge in [0.15, 0.2) is 0 Å². The number of pyridine rings is 1. The number of aromatic nitrogens is 2. The first-order valence-electron chi connectivity index (χ1n) is 8.22. The second-order valence-electron chi connectivity index (χ2n) is 6.09. The normalized spacial score (nSPS) is 10.8. The van der Waals surface area contributed by atoms with Crippen LogP contribution in [0.1, 0.15) is 15.9 Å². The monoisotopic (exact) mass is 453 g/mol. The fraction of sp³-hybridized carbons (Fsp3) is 0.0476. The number of fused-ring (bicyclic) bond motifs is 1. The summed E-state index contributed by atoms with van der Waals surface area (Å²) >= 11 is 2.22. The molecule has 0 bridgehead atoms. The van der Waals surface area contributed by atoms with Gasteiger partial charge in [-0.2, -0.15) is 0 Å². The first-order valence-corrected chi connectivity index (χ1v) is 9.30. The van der Waals surface area contributed by atoms with Gasteiger partial charge in [-0.3, -0.25) is 4.79 Å². The Hall–Kier alpha value is -2.67. The van der Waals surface area contributed by atoms with E-state index < -0.39 is 0 Å². The minimum atomic E-state index is -0.121. The van der Waals surface area contributed by atoms with Crippen molar-refractivity contribution in [1.82, 2.24) is 9.38 Å². The number of amides is 1. The molecule has 1 amide bonds. The number of hydrogen-bond acceptors (Lipinski definition) is 2. The molecule has 0 saturated heterocycles. The number of aryl methyl sites for hydroxylation is 1. The lowest BCUT2D eigenvalue weighted by atomic mass is 10.1. The Labute approximate surface area is 165 Å². The smallest absolute Gasteiger partial charge is 0.255 e. The topological polar surface area (TPSA) is 46.4 Å². The molecular formula is C21H16IN3O. The van der Waals surface area contributed by atoms with Crippen molar-refractivity contribution in [2.24, 2.45) is 0 Å². The van der Waals surface area contributed by atoms with E-state index in [1.54, 1.807) is 0 Å². The summed E-state index contributed by atoms with van der Waals surface area (Å²) < 4.78 is 3.12. The lowest BCUT2D eigenvalue weighted by molar-refractivity contribution is 0.102. The van der Waals surface area contributed by atoms with Crippen molar-refractivity contribution in [3.05, 3.63) is 87.8 Å². The second-order valence-corrected chi connectivity index (χ2v) is 7.34. The Balaban J connectivity index is 1.62. The summed E-state index contributed by atoms with van der Waals surface area (Å²) in [5.74, 6) is -0.121. The van der Waals surface area contributed by atoms with Gasteiger partial charge >= 0.3 is 0 Å². The standard InChI is InChI=1S/C21H16IN3O/c1-14-4-3-11-25-13-19(24-20(14)25)16-5-2-6-18(12-16)23-21(26)15-7-9-17(22)10-8-15/h2-13H,1H3,(H,23,26). The Morgan fingerprint density at radius 3 is 2.65 bits per heavy atom. The van der Waals surface area contributed by atoms with Gasteiger partial charge in [-0.05, 0) is 77.5 Å². The SMILES string of the molecule is Cc1cccn2cc(-c3cccc(NC(=O)c4ccc(I)cc4)c3)nc12. The summed E-state index contributed by atoms with van der Waals surface area (Å²) in [6, 6.07) is 19.3. The lowest BCUT2D eigenvalue weighted by Gasteiger charge is -2.07. The fourth-order valence-corrected chi connectivity index (χ4v) is 3.21. The largest absolute Gasteiger partial charge is 0.322 e. The van der Waals surface area contributed by atoms with Crippen LogP contribution < -0.4 is 5.32 Å². The van der Waals surface area contributed by atoms with Gasteiger partial charge in [0, 0.05) is 32.8 Å².